The molecule has 6 heavy (non-hydrogen) atoms. The molecule has 1 radical (unpaired) electrons. The van der Waals surface area contributed by atoms with Crippen molar-refractivity contribution in [3.8, 4) is 0 Å². The summed E-state index contributed by atoms with van der Waals surface area (Å²) in [6.45, 7) is 0. The van der Waals surface area contributed by atoms with Gasteiger partial charge in [-0.15, -0.1) is 11.6 Å². The van der Waals surface area contributed by atoms with Crippen LogP contribution in [0.15, 0.2) is 0 Å². The van der Waals surface area contributed by atoms with E-state index < -0.39 is 0 Å². The minimum absolute atomic E-state index is 0.394. The summed E-state index contributed by atoms with van der Waals surface area (Å²) in [5.74, 6) is 0. The molecule has 1 saturated carbocycles. The second-order valence-corrected chi connectivity index (χ2v) is 2.24. The molecule has 0 aromatic rings. The second-order valence-electron chi connectivity index (χ2n) is 1.68. The summed E-state index contributed by atoms with van der Waals surface area (Å²) in [5.41, 5.74) is 0. The molecule has 0 heterocycles. The fraction of sp³-hybridized carbons (Fsp3) is 0.800. The van der Waals surface area contributed by atoms with Crippen LogP contribution in [0.4, 0.5) is 0 Å². The molecule has 1 aliphatic carbocycles. The minimum Gasteiger partial charge on any atom is -0.123 e. The van der Waals surface area contributed by atoms with Gasteiger partial charge < -0.3 is 0 Å². The minimum atomic E-state index is 0.394. The zero-order valence-corrected chi connectivity index (χ0v) is 4.41. The van der Waals surface area contributed by atoms with Crippen molar-refractivity contribution in [2.75, 3.05) is 0 Å². The molecule has 1 rings (SSSR count). The van der Waals surface area contributed by atoms with E-state index in [0.29, 0.717) is 5.38 Å². The van der Waals surface area contributed by atoms with Gasteiger partial charge in [-0.25, -0.2) is 0 Å². The van der Waals surface area contributed by atoms with E-state index in [9.17, 15) is 0 Å². The van der Waals surface area contributed by atoms with Crippen LogP contribution in [0, 0.1) is 6.42 Å². The van der Waals surface area contributed by atoms with Gasteiger partial charge in [-0.1, -0.05) is 6.42 Å². The summed E-state index contributed by atoms with van der Waals surface area (Å²) in [6.07, 6.45) is 5.89. The fourth-order valence-electron chi connectivity index (χ4n) is 0.729. The highest BCUT2D eigenvalue weighted by molar-refractivity contribution is 6.21. The summed E-state index contributed by atoms with van der Waals surface area (Å²) < 4.78 is 0. The zero-order chi connectivity index (χ0) is 4.41. The molecule has 1 aliphatic rings. The van der Waals surface area contributed by atoms with E-state index in [-0.39, 0.29) is 0 Å². The molecule has 0 spiro atoms. The Morgan fingerprint density at radius 3 is 2.67 bits per heavy atom. The topological polar surface area (TPSA) is 0 Å². The van der Waals surface area contributed by atoms with Gasteiger partial charge in [-0.05, 0) is 19.3 Å². The summed E-state index contributed by atoms with van der Waals surface area (Å²) in [5, 5.41) is 0.394. The molecule has 0 bridgehead atoms. The van der Waals surface area contributed by atoms with Crippen molar-refractivity contribution < 1.29 is 0 Å². The molecule has 0 nitrogen and oxygen atoms in total. The third kappa shape index (κ3) is 0.874. The number of alkyl halides is 1. The lowest BCUT2D eigenvalue weighted by Gasteiger charge is -1.87. The van der Waals surface area contributed by atoms with Crippen LogP contribution in [0.2, 0.25) is 0 Å². The Bertz CT molecular complexity index is 37.2. The van der Waals surface area contributed by atoms with Crippen molar-refractivity contribution in [2.45, 2.75) is 24.6 Å². The Morgan fingerprint density at radius 2 is 2.50 bits per heavy atom. The van der Waals surface area contributed by atoms with Crippen molar-refractivity contribution in [2.24, 2.45) is 0 Å². The van der Waals surface area contributed by atoms with E-state index in [1.165, 1.54) is 19.3 Å². The fourth-order valence-corrected chi connectivity index (χ4v) is 1.01. The molecule has 1 atom stereocenters. The molecule has 35 valence electrons. The predicted molar refractivity (Wildman–Crippen MR) is 27.8 cm³/mol. The third-order valence-electron chi connectivity index (χ3n) is 1.11. The van der Waals surface area contributed by atoms with Gasteiger partial charge >= 0.3 is 0 Å². The van der Waals surface area contributed by atoms with Crippen LogP contribution in [-0.2, 0) is 0 Å². The van der Waals surface area contributed by atoms with E-state index in [4.69, 9.17) is 11.6 Å². The van der Waals surface area contributed by atoms with E-state index >= 15 is 0 Å². The molecular formula is C5H8Cl. The van der Waals surface area contributed by atoms with E-state index in [1.807, 2.05) is 0 Å². The summed E-state index contributed by atoms with van der Waals surface area (Å²) in [6, 6.07) is 0. The SMILES string of the molecule is ClC1[CH]CCC1. The lowest BCUT2D eigenvalue weighted by molar-refractivity contribution is 0.889. The lowest BCUT2D eigenvalue weighted by Crippen LogP contribution is -1.84. The largest absolute Gasteiger partial charge is 0.123 e. The maximum atomic E-state index is 5.66. The van der Waals surface area contributed by atoms with Crippen molar-refractivity contribution in [3.05, 3.63) is 6.42 Å². The summed E-state index contributed by atoms with van der Waals surface area (Å²) >= 11 is 5.66. The first-order valence-corrected chi connectivity index (χ1v) is 2.80. The van der Waals surface area contributed by atoms with Gasteiger partial charge in [0.15, 0.2) is 0 Å². The van der Waals surface area contributed by atoms with Gasteiger partial charge in [-0.2, -0.15) is 0 Å². The maximum Gasteiger partial charge on any atom is 0.0367 e. The standard InChI is InChI=1S/C5H8Cl/c6-5-3-1-2-4-5/h3,5H,1-2,4H2. The van der Waals surface area contributed by atoms with E-state index in [2.05, 4.69) is 6.42 Å². The van der Waals surface area contributed by atoms with Crippen LogP contribution in [0.1, 0.15) is 19.3 Å². The molecular weight excluding hydrogens is 95.5 g/mol. The third-order valence-corrected chi connectivity index (χ3v) is 1.50. The Labute approximate surface area is 43.5 Å². The summed E-state index contributed by atoms with van der Waals surface area (Å²) in [7, 11) is 0. The van der Waals surface area contributed by atoms with Gasteiger partial charge in [-0.3, -0.25) is 0 Å². The van der Waals surface area contributed by atoms with Crippen LogP contribution in [0.3, 0.4) is 0 Å². The zero-order valence-electron chi connectivity index (χ0n) is 3.65. The predicted octanol–water partition coefficient (Wildman–Crippen LogP) is 1.98. The van der Waals surface area contributed by atoms with Gasteiger partial charge in [0.05, 0.1) is 0 Å². The average Bonchev–Trinajstić information content (AvgIpc) is 1.86. The Balaban J connectivity index is 2.18. The highest BCUT2D eigenvalue weighted by atomic mass is 35.5. The molecule has 0 amide bonds. The highest BCUT2D eigenvalue weighted by Gasteiger charge is 2.10. The Hall–Kier alpha value is 0.290. The Morgan fingerprint density at radius 1 is 1.67 bits per heavy atom. The quantitative estimate of drug-likeness (QED) is 0.412. The molecule has 0 saturated heterocycles. The molecule has 0 N–H and O–H groups in total. The van der Waals surface area contributed by atoms with Crippen molar-refractivity contribution in [3.63, 3.8) is 0 Å². The molecule has 1 heteroatoms. The maximum absolute atomic E-state index is 5.66. The van der Waals surface area contributed by atoms with Crippen LogP contribution in [0.5, 0.6) is 0 Å². The first-order valence-electron chi connectivity index (χ1n) is 2.37. The number of hydrogen-bond acceptors (Lipinski definition) is 0. The number of rotatable bonds is 0. The van der Waals surface area contributed by atoms with Crippen LogP contribution in [0.25, 0.3) is 0 Å². The number of hydrogen-bond donors (Lipinski definition) is 0. The normalized spacial score (nSPS) is 25.5. The van der Waals surface area contributed by atoms with Crippen LogP contribution < -0.4 is 0 Å². The lowest BCUT2D eigenvalue weighted by atomic mass is 10.4. The first-order chi connectivity index (χ1) is 2.89. The molecule has 0 aromatic heterocycles. The van der Waals surface area contributed by atoms with Crippen molar-refractivity contribution >= 4 is 11.6 Å². The number of halogens is 1. The second kappa shape index (κ2) is 1.83. The van der Waals surface area contributed by atoms with Gasteiger partial charge in [0.1, 0.15) is 0 Å². The van der Waals surface area contributed by atoms with Crippen molar-refractivity contribution in [1.82, 2.24) is 0 Å². The van der Waals surface area contributed by atoms with Gasteiger partial charge in [0.25, 0.3) is 0 Å². The van der Waals surface area contributed by atoms with Crippen LogP contribution >= 0.6 is 11.6 Å². The summed E-state index contributed by atoms with van der Waals surface area (Å²) in [4.78, 5) is 0. The smallest absolute Gasteiger partial charge is 0.0367 e. The van der Waals surface area contributed by atoms with Crippen LogP contribution in [-0.4, -0.2) is 5.38 Å². The average molecular weight is 104 g/mol. The van der Waals surface area contributed by atoms with E-state index in [1.54, 1.807) is 0 Å². The molecule has 0 aliphatic heterocycles. The molecule has 1 unspecified atom stereocenters. The van der Waals surface area contributed by atoms with E-state index in [0.717, 1.165) is 0 Å². The monoisotopic (exact) mass is 103 g/mol. The molecule has 1 fully saturated rings. The van der Waals surface area contributed by atoms with Crippen molar-refractivity contribution in [1.29, 1.82) is 0 Å². The van der Waals surface area contributed by atoms with Gasteiger partial charge in [0, 0.05) is 5.38 Å². The first kappa shape index (κ1) is 4.45. The highest BCUT2D eigenvalue weighted by Crippen LogP contribution is 2.21. The Kier molecular flexibility index (Phi) is 1.36. The molecule has 0 aromatic carbocycles. The van der Waals surface area contributed by atoms with Gasteiger partial charge in [0.2, 0.25) is 0 Å².